The molecule has 0 aliphatic rings. The van der Waals surface area contributed by atoms with Crippen LogP contribution in [0.4, 0.5) is 17.1 Å². The molecule has 10 rings (SSSR count). The van der Waals surface area contributed by atoms with Gasteiger partial charge in [0.15, 0.2) is 17.5 Å². The maximum Gasteiger partial charge on any atom is 0.164 e. The van der Waals surface area contributed by atoms with E-state index in [4.69, 9.17) is 15.0 Å². The van der Waals surface area contributed by atoms with Crippen molar-refractivity contribution in [3.8, 4) is 39.9 Å². The van der Waals surface area contributed by atoms with Gasteiger partial charge in [-0.25, -0.2) is 15.0 Å². The number of nitrogens with zero attached hydrogens (tertiary/aromatic N) is 5. The summed E-state index contributed by atoms with van der Waals surface area (Å²) in [6.45, 7) is 0. The summed E-state index contributed by atoms with van der Waals surface area (Å²) in [6.07, 6.45) is 0. The molecule has 0 aliphatic heterocycles. The van der Waals surface area contributed by atoms with Crippen molar-refractivity contribution < 1.29 is 0 Å². The van der Waals surface area contributed by atoms with Crippen molar-refractivity contribution in [2.75, 3.05) is 4.90 Å². The standard InChI is InChI=1S/C49H33N5/c1-6-18-34(19-7-1)47-50-48(35-20-8-2-9-21-35)52-49(51-47)36-30-31-42-43(32-36)54(39-26-14-5-15-27-39)45-33-44(40-28-16-17-29-41(40)46(42)45)53(37-22-10-3-11-23-37)38-24-12-4-13-25-38/h1-33H. The van der Waals surface area contributed by atoms with E-state index in [1.807, 2.05) is 60.7 Å². The predicted molar refractivity (Wildman–Crippen MR) is 223 cm³/mol. The number of rotatable bonds is 7. The summed E-state index contributed by atoms with van der Waals surface area (Å²) in [5.74, 6) is 1.90. The molecule has 10 aromatic rings. The first kappa shape index (κ1) is 31.4. The van der Waals surface area contributed by atoms with Gasteiger partial charge in [-0.3, -0.25) is 0 Å². The van der Waals surface area contributed by atoms with Gasteiger partial charge in [-0.2, -0.15) is 0 Å². The molecule has 0 spiro atoms. The Bertz CT molecular complexity index is 2810. The Kier molecular flexibility index (Phi) is 7.73. The molecule has 2 heterocycles. The van der Waals surface area contributed by atoms with Crippen LogP contribution < -0.4 is 4.90 Å². The van der Waals surface area contributed by atoms with Crippen LogP contribution in [-0.4, -0.2) is 19.5 Å². The van der Waals surface area contributed by atoms with Crippen molar-refractivity contribution in [3.05, 3.63) is 200 Å². The Morgan fingerprint density at radius 1 is 0.352 bits per heavy atom. The topological polar surface area (TPSA) is 46.8 Å². The van der Waals surface area contributed by atoms with E-state index in [1.54, 1.807) is 0 Å². The van der Waals surface area contributed by atoms with Crippen molar-refractivity contribution in [1.29, 1.82) is 0 Å². The minimum absolute atomic E-state index is 0.624. The summed E-state index contributed by atoms with van der Waals surface area (Å²) >= 11 is 0. The van der Waals surface area contributed by atoms with Crippen molar-refractivity contribution in [2.24, 2.45) is 0 Å². The molecule has 254 valence electrons. The van der Waals surface area contributed by atoms with E-state index in [1.165, 1.54) is 16.2 Å². The molecular formula is C49H33N5. The predicted octanol–water partition coefficient (Wildman–Crippen LogP) is 12.6. The van der Waals surface area contributed by atoms with Gasteiger partial charge < -0.3 is 9.47 Å². The molecule has 2 aromatic heterocycles. The summed E-state index contributed by atoms with van der Waals surface area (Å²) < 4.78 is 2.38. The fourth-order valence-electron chi connectivity index (χ4n) is 7.56. The third kappa shape index (κ3) is 5.47. The van der Waals surface area contributed by atoms with E-state index in [-0.39, 0.29) is 0 Å². The van der Waals surface area contributed by atoms with E-state index < -0.39 is 0 Å². The summed E-state index contributed by atoms with van der Waals surface area (Å²) in [5, 5.41) is 4.72. The lowest BCUT2D eigenvalue weighted by Crippen LogP contribution is -2.10. The number of hydrogen-bond acceptors (Lipinski definition) is 4. The second-order valence-corrected chi connectivity index (χ2v) is 13.3. The monoisotopic (exact) mass is 691 g/mol. The molecule has 0 saturated carbocycles. The first-order chi connectivity index (χ1) is 26.8. The molecule has 0 atom stereocenters. The van der Waals surface area contributed by atoms with E-state index in [0.29, 0.717) is 17.5 Å². The first-order valence-electron chi connectivity index (χ1n) is 18.1. The average Bonchev–Trinajstić information content (AvgIpc) is 3.59. The highest BCUT2D eigenvalue weighted by atomic mass is 15.1. The highest BCUT2D eigenvalue weighted by Gasteiger charge is 2.22. The molecule has 0 bridgehead atoms. The van der Waals surface area contributed by atoms with Crippen LogP contribution in [0.5, 0.6) is 0 Å². The molecule has 0 fully saturated rings. The van der Waals surface area contributed by atoms with Gasteiger partial charge in [0.1, 0.15) is 0 Å². The molecule has 0 N–H and O–H groups in total. The van der Waals surface area contributed by atoms with Gasteiger partial charge in [0.25, 0.3) is 0 Å². The quantitative estimate of drug-likeness (QED) is 0.167. The SMILES string of the molecule is c1ccc(-c2nc(-c3ccccc3)nc(-c3ccc4c5c6ccccc6c(N(c6ccccc6)c6ccccc6)cc5n(-c5ccccc5)c4c3)n2)cc1. The van der Waals surface area contributed by atoms with E-state index in [2.05, 4.69) is 149 Å². The minimum atomic E-state index is 0.624. The Morgan fingerprint density at radius 3 is 1.37 bits per heavy atom. The lowest BCUT2D eigenvalue weighted by Gasteiger charge is -2.27. The lowest BCUT2D eigenvalue weighted by atomic mass is 10.00. The summed E-state index contributed by atoms with van der Waals surface area (Å²) in [6, 6.07) is 69.8. The van der Waals surface area contributed by atoms with Crippen LogP contribution in [0.3, 0.4) is 0 Å². The molecule has 54 heavy (non-hydrogen) atoms. The van der Waals surface area contributed by atoms with E-state index in [0.717, 1.165) is 55.9 Å². The fourth-order valence-corrected chi connectivity index (χ4v) is 7.56. The maximum absolute atomic E-state index is 5.08. The Hall–Kier alpha value is -7.37. The summed E-state index contributed by atoms with van der Waals surface area (Å²) in [7, 11) is 0. The molecule has 0 radical (unpaired) electrons. The molecular weight excluding hydrogens is 659 g/mol. The zero-order valence-electron chi connectivity index (χ0n) is 29.3. The molecule has 0 saturated heterocycles. The van der Waals surface area contributed by atoms with Crippen LogP contribution in [0, 0.1) is 0 Å². The van der Waals surface area contributed by atoms with Gasteiger partial charge in [0.05, 0.1) is 16.7 Å². The van der Waals surface area contributed by atoms with Crippen molar-refractivity contribution in [1.82, 2.24) is 19.5 Å². The van der Waals surface area contributed by atoms with Gasteiger partial charge in [-0.05, 0) is 53.9 Å². The van der Waals surface area contributed by atoms with Gasteiger partial charge in [0, 0.05) is 49.9 Å². The van der Waals surface area contributed by atoms with E-state index in [9.17, 15) is 0 Å². The number of anilines is 3. The van der Waals surface area contributed by atoms with Crippen LogP contribution >= 0.6 is 0 Å². The molecule has 0 amide bonds. The molecule has 0 unspecified atom stereocenters. The molecule has 8 aromatic carbocycles. The number of fused-ring (bicyclic) bond motifs is 5. The molecule has 5 heteroatoms. The van der Waals surface area contributed by atoms with Gasteiger partial charge >= 0.3 is 0 Å². The van der Waals surface area contributed by atoms with Crippen molar-refractivity contribution >= 4 is 49.6 Å². The summed E-state index contributed by atoms with van der Waals surface area (Å²) in [5.41, 5.74) is 9.36. The van der Waals surface area contributed by atoms with Crippen LogP contribution in [0.15, 0.2) is 200 Å². The minimum Gasteiger partial charge on any atom is -0.310 e. The average molecular weight is 692 g/mol. The second kappa shape index (κ2) is 13.3. The van der Waals surface area contributed by atoms with Gasteiger partial charge in [0.2, 0.25) is 0 Å². The Morgan fingerprint density at radius 2 is 0.815 bits per heavy atom. The van der Waals surface area contributed by atoms with Crippen LogP contribution in [0.2, 0.25) is 0 Å². The van der Waals surface area contributed by atoms with Crippen molar-refractivity contribution in [2.45, 2.75) is 0 Å². The molecule has 5 nitrogen and oxygen atoms in total. The van der Waals surface area contributed by atoms with E-state index >= 15 is 0 Å². The van der Waals surface area contributed by atoms with Crippen LogP contribution in [0.1, 0.15) is 0 Å². The third-order valence-corrected chi connectivity index (χ3v) is 9.99. The molecule has 0 aliphatic carbocycles. The highest BCUT2D eigenvalue weighted by Crippen LogP contribution is 2.45. The lowest BCUT2D eigenvalue weighted by molar-refractivity contribution is 1.07. The Balaban J connectivity index is 1.27. The smallest absolute Gasteiger partial charge is 0.164 e. The summed E-state index contributed by atoms with van der Waals surface area (Å²) in [4.78, 5) is 17.5. The normalized spacial score (nSPS) is 11.3. The fraction of sp³-hybridized carbons (Fsp3) is 0. The number of benzene rings is 8. The van der Waals surface area contributed by atoms with Crippen molar-refractivity contribution in [3.63, 3.8) is 0 Å². The zero-order valence-corrected chi connectivity index (χ0v) is 29.3. The highest BCUT2D eigenvalue weighted by molar-refractivity contribution is 6.25. The maximum atomic E-state index is 5.08. The number of hydrogen-bond donors (Lipinski definition) is 0. The second-order valence-electron chi connectivity index (χ2n) is 13.3. The van der Waals surface area contributed by atoms with Gasteiger partial charge in [-0.1, -0.05) is 152 Å². The number of aromatic nitrogens is 4. The Labute approximate surface area is 313 Å². The zero-order chi connectivity index (χ0) is 35.8. The third-order valence-electron chi connectivity index (χ3n) is 9.99. The van der Waals surface area contributed by atoms with Crippen LogP contribution in [0.25, 0.3) is 72.4 Å². The largest absolute Gasteiger partial charge is 0.310 e. The number of para-hydroxylation sites is 3. The first-order valence-corrected chi connectivity index (χ1v) is 18.1. The van der Waals surface area contributed by atoms with Crippen LogP contribution in [-0.2, 0) is 0 Å². The van der Waals surface area contributed by atoms with Gasteiger partial charge in [-0.15, -0.1) is 0 Å².